The van der Waals surface area contributed by atoms with Crippen LogP contribution >= 0.6 is 0 Å². The van der Waals surface area contributed by atoms with Gasteiger partial charge in [0.2, 0.25) is 0 Å². The Morgan fingerprint density at radius 3 is 2.65 bits per heavy atom. The number of hydrogen-bond donors (Lipinski definition) is 1. The summed E-state index contributed by atoms with van der Waals surface area (Å²) in [5.41, 5.74) is 9.63. The van der Waals surface area contributed by atoms with Crippen molar-refractivity contribution in [1.82, 2.24) is 10.1 Å². The molecular formula is C16H15N3O. The summed E-state index contributed by atoms with van der Waals surface area (Å²) in [5, 5.41) is 4.02. The highest BCUT2D eigenvalue weighted by molar-refractivity contribution is 5.60. The number of rotatable bonds is 3. The van der Waals surface area contributed by atoms with Crippen molar-refractivity contribution < 1.29 is 4.52 Å². The molecule has 1 heterocycles. The Kier molecular flexibility index (Phi) is 3.21. The molecule has 0 saturated carbocycles. The lowest BCUT2D eigenvalue weighted by Crippen LogP contribution is -1.91. The number of nitrogens with zero attached hydrogens (tertiary/aromatic N) is 2. The maximum atomic E-state index is 5.81. The van der Waals surface area contributed by atoms with Crippen molar-refractivity contribution in [3.8, 4) is 11.5 Å². The smallest absolute Gasteiger partial charge is 0.257 e. The maximum absolute atomic E-state index is 5.81. The van der Waals surface area contributed by atoms with Gasteiger partial charge in [-0.15, -0.1) is 0 Å². The quantitative estimate of drug-likeness (QED) is 0.738. The van der Waals surface area contributed by atoms with Crippen LogP contribution in [0.15, 0.2) is 53.1 Å². The topological polar surface area (TPSA) is 64.9 Å². The summed E-state index contributed by atoms with van der Waals surface area (Å²) in [4.78, 5) is 4.43. The highest BCUT2D eigenvalue weighted by Crippen LogP contribution is 2.22. The molecule has 1 aromatic heterocycles. The van der Waals surface area contributed by atoms with Crippen LogP contribution in [0.1, 0.15) is 17.0 Å². The van der Waals surface area contributed by atoms with Crippen LogP contribution in [0.25, 0.3) is 11.5 Å². The van der Waals surface area contributed by atoms with E-state index >= 15 is 0 Å². The first-order valence-corrected chi connectivity index (χ1v) is 6.45. The van der Waals surface area contributed by atoms with Gasteiger partial charge >= 0.3 is 0 Å². The van der Waals surface area contributed by atoms with Crippen molar-refractivity contribution in [3.63, 3.8) is 0 Å². The number of aryl methyl sites for hydroxylation is 1. The molecule has 3 aromatic rings. The molecule has 20 heavy (non-hydrogen) atoms. The lowest BCUT2D eigenvalue weighted by atomic mass is 10.1. The Bertz CT molecular complexity index is 720. The van der Waals surface area contributed by atoms with Crippen molar-refractivity contribution in [2.45, 2.75) is 13.3 Å². The fourth-order valence-corrected chi connectivity index (χ4v) is 2.03. The summed E-state index contributed by atoms with van der Waals surface area (Å²) in [7, 11) is 0. The first-order chi connectivity index (χ1) is 9.72. The molecule has 0 aliphatic carbocycles. The zero-order valence-corrected chi connectivity index (χ0v) is 11.2. The second kappa shape index (κ2) is 5.17. The number of benzene rings is 2. The standard InChI is InChI=1S/C16H15N3O/c1-11-9-13(7-8-14(11)17)16-18-15(19-20-16)10-12-5-3-2-4-6-12/h2-9H,10,17H2,1H3. The van der Waals surface area contributed by atoms with Crippen molar-refractivity contribution in [2.24, 2.45) is 0 Å². The molecule has 100 valence electrons. The van der Waals surface area contributed by atoms with E-state index in [1.54, 1.807) is 0 Å². The van der Waals surface area contributed by atoms with E-state index in [9.17, 15) is 0 Å². The number of nitrogen functional groups attached to an aromatic ring is 1. The van der Waals surface area contributed by atoms with Crippen molar-refractivity contribution >= 4 is 5.69 Å². The van der Waals surface area contributed by atoms with Gasteiger partial charge in [0.25, 0.3) is 5.89 Å². The summed E-state index contributed by atoms with van der Waals surface area (Å²) in [6.45, 7) is 1.96. The van der Waals surface area contributed by atoms with Crippen molar-refractivity contribution in [2.75, 3.05) is 5.73 Å². The third-order valence-electron chi connectivity index (χ3n) is 3.19. The van der Waals surface area contributed by atoms with Crippen LogP contribution in [-0.4, -0.2) is 10.1 Å². The molecule has 2 N–H and O–H groups in total. The van der Waals surface area contributed by atoms with Crippen molar-refractivity contribution in [1.29, 1.82) is 0 Å². The largest absolute Gasteiger partial charge is 0.399 e. The Morgan fingerprint density at radius 1 is 1.10 bits per heavy atom. The lowest BCUT2D eigenvalue weighted by molar-refractivity contribution is 0.424. The van der Waals surface area contributed by atoms with Gasteiger partial charge in [0.05, 0.1) is 0 Å². The molecule has 4 heteroatoms. The Balaban J connectivity index is 1.84. The second-order valence-corrected chi connectivity index (χ2v) is 4.75. The Morgan fingerprint density at radius 2 is 1.90 bits per heavy atom. The van der Waals surface area contributed by atoms with E-state index in [0.717, 1.165) is 22.4 Å². The molecule has 3 rings (SSSR count). The molecule has 0 aliphatic rings. The maximum Gasteiger partial charge on any atom is 0.257 e. The van der Waals surface area contributed by atoms with E-state index in [1.165, 1.54) is 0 Å². The predicted molar refractivity (Wildman–Crippen MR) is 78.1 cm³/mol. The molecule has 0 bridgehead atoms. The zero-order chi connectivity index (χ0) is 13.9. The minimum absolute atomic E-state index is 0.527. The van der Waals surface area contributed by atoms with E-state index in [-0.39, 0.29) is 0 Å². The van der Waals surface area contributed by atoms with Gasteiger partial charge in [-0.1, -0.05) is 35.5 Å². The molecule has 0 atom stereocenters. The molecule has 0 unspecified atom stereocenters. The van der Waals surface area contributed by atoms with Gasteiger partial charge in [-0.3, -0.25) is 0 Å². The van der Waals surface area contributed by atoms with Gasteiger partial charge in [-0.05, 0) is 36.2 Å². The van der Waals surface area contributed by atoms with Crippen molar-refractivity contribution in [3.05, 3.63) is 65.5 Å². The summed E-state index contributed by atoms with van der Waals surface area (Å²) in [6, 6.07) is 15.8. The molecule has 0 spiro atoms. The van der Waals surface area contributed by atoms with Gasteiger partial charge in [0.15, 0.2) is 5.82 Å². The molecule has 0 fully saturated rings. The fraction of sp³-hybridized carbons (Fsp3) is 0.125. The first kappa shape index (κ1) is 12.4. The van der Waals surface area contributed by atoms with Gasteiger partial charge < -0.3 is 10.3 Å². The third-order valence-corrected chi connectivity index (χ3v) is 3.19. The van der Waals surface area contributed by atoms with Crippen LogP contribution in [0.3, 0.4) is 0 Å². The minimum Gasteiger partial charge on any atom is -0.399 e. The van der Waals surface area contributed by atoms with E-state index in [4.69, 9.17) is 10.3 Å². The second-order valence-electron chi connectivity index (χ2n) is 4.75. The lowest BCUT2D eigenvalue weighted by Gasteiger charge is -2.00. The van der Waals surface area contributed by atoms with Crippen LogP contribution < -0.4 is 5.73 Å². The zero-order valence-electron chi connectivity index (χ0n) is 11.2. The average Bonchev–Trinajstić information content (AvgIpc) is 2.91. The van der Waals surface area contributed by atoms with Crippen LogP contribution in [0, 0.1) is 6.92 Å². The van der Waals surface area contributed by atoms with Gasteiger partial charge in [0.1, 0.15) is 0 Å². The van der Waals surface area contributed by atoms with Gasteiger partial charge in [-0.2, -0.15) is 4.98 Å². The molecule has 0 amide bonds. The normalized spacial score (nSPS) is 10.7. The number of anilines is 1. The molecule has 2 aromatic carbocycles. The molecule has 0 saturated heterocycles. The number of aromatic nitrogens is 2. The predicted octanol–water partition coefficient (Wildman–Crippen LogP) is 3.22. The highest BCUT2D eigenvalue weighted by Gasteiger charge is 2.10. The van der Waals surface area contributed by atoms with Gasteiger partial charge in [-0.25, -0.2) is 0 Å². The average molecular weight is 265 g/mol. The van der Waals surface area contributed by atoms with Crippen LogP contribution in [-0.2, 0) is 6.42 Å². The fourth-order valence-electron chi connectivity index (χ4n) is 2.03. The van der Waals surface area contributed by atoms with Crippen LogP contribution in [0.5, 0.6) is 0 Å². The van der Waals surface area contributed by atoms with E-state index in [2.05, 4.69) is 10.1 Å². The number of hydrogen-bond acceptors (Lipinski definition) is 4. The molecule has 4 nitrogen and oxygen atoms in total. The van der Waals surface area contributed by atoms with Crippen LogP contribution in [0.4, 0.5) is 5.69 Å². The third kappa shape index (κ3) is 2.54. The molecular weight excluding hydrogens is 250 g/mol. The monoisotopic (exact) mass is 265 g/mol. The van der Waals surface area contributed by atoms with Crippen LogP contribution in [0.2, 0.25) is 0 Å². The van der Waals surface area contributed by atoms with E-state index < -0.39 is 0 Å². The highest BCUT2D eigenvalue weighted by atomic mass is 16.5. The summed E-state index contributed by atoms with van der Waals surface area (Å²) < 4.78 is 5.32. The summed E-state index contributed by atoms with van der Waals surface area (Å²) in [5.74, 6) is 1.21. The van der Waals surface area contributed by atoms with Gasteiger partial charge in [0, 0.05) is 17.7 Å². The number of nitrogens with two attached hydrogens (primary N) is 1. The Hall–Kier alpha value is -2.62. The molecule has 0 radical (unpaired) electrons. The minimum atomic E-state index is 0.527. The Labute approximate surface area is 117 Å². The van der Waals surface area contributed by atoms with E-state index in [1.807, 2.05) is 55.5 Å². The summed E-state index contributed by atoms with van der Waals surface area (Å²) >= 11 is 0. The first-order valence-electron chi connectivity index (χ1n) is 6.45. The van der Waals surface area contributed by atoms with E-state index in [0.29, 0.717) is 18.1 Å². The molecule has 0 aliphatic heterocycles. The summed E-state index contributed by atoms with van der Waals surface area (Å²) in [6.07, 6.45) is 0.665. The SMILES string of the molecule is Cc1cc(-c2nc(Cc3ccccc3)no2)ccc1N.